The van der Waals surface area contributed by atoms with Crippen molar-refractivity contribution in [3.05, 3.63) is 82.3 Å². The summed E-state index contributed by atoms with van der Waals surface area (Å²) in [5.74, 6) is 0.495. The van der Waals surface area contributed by atoms with Gasteiger partial charge < -0.3 is 9.72 Å². The Balaban J connectivity index is 1.38. The molecule has 4 aromatic rings. The lowest BCUT2D eigenvalue weighted by atomic mass is 9.92. The summed E-state index contributed by atoms with van der Waals surface area (Å²) in [4.78, 5) is 17.5. The third kappa shape index (κ3) is 7.41. The maximum atomic E-state index is 14.0. The van der Waals surface area contributed by atoms with Gasteiger partial charge in [-0.3, -0.25) is 13.8 Å². The molecule has 0 atom stereocenters. The number of aryl methyl sites for hydroxylation is 1. The molecule has 0 saturated heterocycles. The number of nitrogens with one attached hydrogen (secondary N) is 1. The number of aromatic nitrogens is 3. The number of fused-ring (bicyclic) bond motifs is 1. The Morgan fingerprint density at radius 2 is 1.59 bits per heavy atom. The number of phosphoric ester groups is 1. The standard InChI is InChI=1S/C34H42N3O6P/c1-4-6-22-41-44(39,42-23-7-5-2)43-24-40-29-20-18-27(19-21-29)30-25(3)35-33-31(26-14-10-8-11-15-26)32(36-37(33)34(30)38)28-16-12-9-13-17-28/h9,12-14,16-21,35H,4-8,10-11,15,22-24H2,1-3H3. The first-order valence-corrected chi connectivity index (χ1v) is 17.1. The fourth-order valence-electron chi connectivity index (χ4n) is 5.32. The Bertz CT molecular complexity index is 1660. The van der Waals surface area contributed by atoms with E-state index in [1.54, 1.807) is 12.1 Å². The second kappa shape index (κ2) is 15.0. The van der Waals surface area contributed by atoms with Gasteiger partial charge in [-0.1, -0.05) is 75.2 Å². The van der Waals surface area contributed by atoms with Crippen molar-refractivity contribution in [1.29, 1.82) is 0 Å². The van der Waals surface area contributed by atoms with E-state index in [1.165, 1.54) is 16.5 Å². The molecule has 234 valence electrons. The van der Waals surface area contributed by atoms with Gasteiger partial charge in [-0.05, 0) is 68.7 Å². The van der Waals surface area contributed by atoms with Gasteiger partial charge in [0.25, 0.3) is 5.56 Å². The zero-order chi connectivity index (χ0) is 30.9. The highest BCUT2D eigenvalue weighted by atomic mass is 31.2. The Labute approximate surface area is 258 Å². The molecule has 1 N–H and O–H groups in total. The Morgan fingerprint density at radius 3 is 2.23 bits per heavy atom. The highest BCUT2D eigenvalue weighted by Crippen LogP contribution is 2.49. The zero-order valence-electron chi connectivity index (χ0n) is 25.8. The van der Waals surface area contributed by atoms with E-state index in [0.717, 1.165) is 73.0 Å². The number of phosphoric acid groups is 1. The van der Waals surface area contributed by atoms with Crippen molar-refractivity contribution in [1.82, 2.24) is 14.6 Å². The first-order valence-electron chi connectivity index (χ1n) is 15.6. The number of ether oxygens (including phenoxy) is 1. The maximum Gasteiger partial charge on any atom is 0.477 e. The van der Waals surface area contributed by atoms with Crippen LogP contribution in [-0.4, -0.2) is 34.6 Å². The fourth-order valence-corrected chi connectivity index (χ4v) is 6.44. The van der Waals surface area contributed by atoms with E-state index in [9.17, 15) is 9.36 Å². The number of aromatic amines is 1. The van der Waals surface area contributed by atoms with Crippen LogP contribution in [0.4, 0.5) is 0 Å². The zero-order valence-corrected chi connectivity index (χ0v) is 26.7. The maximum absolute atomic E-state index is 14.0. The van der Waals surface area contributed by atoms with Crippen LogP contribution in [0.5, 0.6) is 5.75 Å². The summed E-state index contributed by atoms with van der Waals surface area (Å²) in [5.41, 5.74) is 6.55. The number of hydrogen-bond acceptors (Lipinski definition) is 7. The molecule has 44 heavy (non-hydrogen) atoms. The Kier molecular flexibility index (Phi) is 10.9. The van der Waals surface area contributed by atoms with Crippen molar-refractivity contribution in [3.63, 3.8) is 0 Å². The van der Waals surface area contributed by atoms with Gasteiger partial charge in [0.1, 0.15) is 17.1 Å². The summed E-state index contributed by atoms with van der Waals surface area (Å²) in [7, 11) is -3.73. The number of unbranched alkanes of at least 4 members (excludes halogenated alkanes) is 2. The van der Waals surface area contributed by atoms with Crippen LogP contribution in [-0.2, 0) is 18.1 Å². The van der Waals surface area contributed by atoms with Crippen LogP contribution < -0.4 is 10.3 Å². The van der Waals surface area contributed by atoms with Gasteiger partial charge in [0.05, 0.1) is 18.8 Å². The van der Waals surface area contributed by atoms with Crippen LogP contribution in [0.2, 0.25) is 0 Å². The highest BCUT2D eigenvalue weighted by molar-refractivity contribution is 7.48. The summed E-state index contributed by atoms with van der Waals surface area (Å²) >= 11 is 0. The van der Waals surface area contributed by atoms with Crippen LogP contribution in [0.3, 0.4) is 0 Å². The van der Waals surface area contributed by atoms with Crippen LogP contribution in [0.1, 0.15) is 76.5 Å². The summed E-state index contributed by atoms with van der Waals surface area (Å²) < 4.78 is 36.6. The summed E-state index contributed by atoms with van der Waals surface area (Å²) in [6.07, 6.45) is 9.87. The number of rotatable bonds is 15. The van der Waals surface area contributed by atoms with E-state index < -0.39 is 7.82 Å². The number of allylic oxidation sites excluding steroid dienone is 2. The molecule has 0 unspecified atom stereocenters. The summed E-state index contributed by atoms with van der Waals surface area (Å²) in [6.45, 7) is 6.24. The van der Waals surface area contributed by atoms with Gasteiger partial charge in [0, 0.05) is 16.8 Å². The average Bonchev–Trinajstić information content (AvgIpc) is 3.42. The molecule has 0 bridgehead atoms. The van der Waals surface area contributed by atoms with E-state index in [4.69, 9.17) is 23.4 Å². The van der Waals surface area contributed by atoms with Gasteiger partial charge in [0.15, 0.2) is 6.79 Å². The molecule has 0 aliphatic heterocycles. The molecule has 10 heteroatoms. The molecular weight excluding hydrogens is 577 g/mol. The van der Waals surface area contributed by atoms with E-state index in [2.05, 4.69) is 11.1 Å². The minimum atomic E-state index is -3.73. The lowest BCUT2D eigenvalue weighted by Gasteiger charge is -2.18. The molecule has 0 saturated carbocycles. The minimum absolute atomic E-state index is 0.192. The Hall–Kier alpha value is -3.49. The first kappa shape index (κ1) is 31.9. The second-order valence-electron chi connectivity index (χ2n) is 11.0. The molecule has 2 heterocycles. The average molecular weight is 620 g/mol. The molecule has 1 aliphatic rings. The topological polar surface area (TPSA) is 104 Å². The van der Waals surface area contributed by atoms with E-state index in [-0.39, 0.29) is 25.6 Å². The van der Waals surface area contributed by atoms with Crippen molar-refractivity contribution in [3.8, 4) is 28.1 Å². The summed E-state index contributed by atoms with van der Waals surface area (Å²) in [6, 6.07) is 17.2. The van der Waals surface area contributed by atoms with Crippen LogP contribution in [0.25, 0.3) is 33.6 Å². The predicted octanol–water partition coefficient (Wildman–Crippen LogP) is 8.72. The third-order valence-corrected chi connectivity index (χ3v) is 9.13. The van der Waals surface area contributed by atoms with Gasteiger partial charge in [-0.2, -0.15) is 9.61 Å². The molecule has 2 aromatic carbocycles. The summed E-state index contributed by atoms with van der Waals surface area (Å²) in [5, 5.41) is 4.86. The van der Waals surface area contributed by atoms with Crippen LogP contribution in [0.15, 0.2) is 65.5 Å². The Morgan fingerprint density at radius 1 is 0.886 bits per heavy atom. The largest absolute Gasteiger partial charge is 0.477 e. The number of benzene rings is 2. The molecule has 1 aliphatic carbocycles. The van der Waals surface area contributed by atoms with Crippen molar-refractivity contribution in [2.45, 2.75) is 72.1 Å². The quantitative estimate of drug-likeness (QED) is 0.0806. The molecular formula is C34H42N3O6P. The smallest absolute Gasteiger partial charge is 0.467 e. The predicted molar refractivity (Wildman–Crippen MR) is 174 cm³/mol. The van der Waals surface area contributed by atoms with E-state index >= 15 is 0 Å². The second-order valence-corrected chi connectivity index (χ2v) is 12.7. The van der Waals surface area contributed by atoms with E-state index in [0.29, 0.717) is 17.0 Å². The number of nitrogens with zero attached hydrogens (tertiary/aromatic N) is 2. The van der Waals surface area contributed by atoms with E-state index in [1.807, 2.05) is 63.2 Å². The van der Waals surface area contributed by atoms with Gasteiger partial charge in [0.2, 0.25) is 0 Å². The van der Waals surface area contributed by atoms with Crippen LogP contribution in [0, 0.1) is 6.92 Å². The molecule has 5 rings (SSSR count). The molecule has 0 amide bonds. The molecule has 2 aromatic heterocycles. The number of H-pyrrole nitrogens is 1. The SMILES string of the molecule is CCCCOP(=O)(OCCCC)OCOc1ccc(-c2c(C)[nH]c3c(C4=CCCCC4)c(-c4ccccc4)nn3c2=O)cc1. The third-order valence-electron chi connectivity index (χ3n) is 7.71. The van der Waals surface area contributed by atoms with Crippen molar-refractivity contribution < 1.29 is 22.9 Å². The number of hydrogen-bond donors (Lipinski definition) is 1. The first-order chi connectivity index (χ1) is 21.4. The van der Waals surface area contributed by atoms with Crippen LogP contribution >= 0.6 is 7.82 Å². The van der Waals surface area contributed by atoms with Gasteiger partial charge in [-0.25, -0.2) is 9.09 Å². The normalized spacial score (nSPS) is 13.8. The molecule has 0 radical (unpaired) electrons. The highest BCUT2D eigenvalue weighted by Gasteiger charge is 2.27. The van der Waals surface area contributed by atoms with Gasteiger partial charge in [-0.15, -0.1) is 0 Å². The minimum Gasteiger partial charge on any atom is -0.467 e. The van der Waals surface area contributed by atoms with Crippen molar-refractivity contribution >= 4 is 19.0 Å². The lowest BCUT2D eigenvalue weighted by Crippen LogP contribution is -2.19. The van der Waals surface area contributed by atoms with Crippen molar-refractivity contribution in [2.24, 2.45) is 0 Å². The van der Waals surface area contributed by atoms with Gasteiger partial charge >= 0.3 is 7.82 Å². The lowest BCUT2D eigenvalue weighted by molar-refractivity contribution is 0.0491. The fraction of sp³-hybridized carbons (Fsp3) is 0.412. The molecule has 0 spiro atoms. The van der Waals surface area contributed by atoms with Crippen molar-refractivity contribution in [2.75, 3.05) is 20.0 Å². The molecule has 0 fully saturated rings. The molecule has 9 nitrogen and oxygen atoms in total. The monoisotopic (exact) mass is 619 g/mol.